The van der Waals surface area contributed by atoms with Crippen LogP contribution in [0.1, 0.15) is 31.5 Å². The lowest BCUT2D eigenvalue weighted by molar-refractivity contribution is -0.144. The van der Waals surface area contributed by atoms with E-state index in [1.165, 1.54) is 4.80 Å². The summed E-state index contributed by atoms with van der Waals surface area (Å²) in [5.41, 5.74) is 0. The van der Waals surface area contributed by atoms with Crippen molar-refractivity contribution >= 4 is 5.97 Å². The average molecular weight is 253 g/mol. The monoisotopic (exact) mass is 253 g/mol. The van der Waals surface area contributed by atoms with Gasteiger partial charge in [-0.05, 0) is 30.5 Å². The van der Waals surface area contributed by atoms with E-state index < -0.39 is 5.97 Å². The Bertz CT molecular complexity index is 406. The standard InChI is InChI=1S/C11H19N5O2/c1-16-14-10(13-15-16)7-12-6-8-4-2-3-5-9(8)11(17)18/h8-9,12H,2-7H2,1H3,(H,17,18). The number of aliphatic carboxylic acids is 1. The van der Waals surface area contributed by atoms with Gasteiger partial charge in [0.1, 0.15) is 0 Å². The van der Waals surface area contributed by atoms with E-state index in [4.69, 9.17) is 5.11 Å². The summed E-state index contributed by atoms with van der Waals surface area (Å²) in [6.07, 6.45) is 3.93. The predicted octanol–water partition coefficient (Wildman–Crippen LogP) is 0.191. The first-order chi connectivity index (χ1) is 8.66. The Balaban J connectivity index is 1.79. The van der Waals surface area contributed by atoms with Crippen molar-refractivity contribution in [2.75, 3.05) is 6.54 Å². The first-order valence-corrected chi connectivity index (χ1v) is 6.33. The van der Waals surface area contributed by atoms with Crippen LogP contribution in [0.5, 0.6) is 0 Å². The molecule has 2 rings (SSSR count). The van der Waals surface area contributed by atoms with Crippen LogP contribution in [-0.4, -0.2) is 37.8 Å². The first-order valence-electron chi connectivity index (χ1n) is 6.33. The number of nitrogens with one attached hydrogen (secondary N) is 1. The van der Waals surface area contributed by atoms with Crippen molar-refractivity contribution in [3.05, 3.63) is 5.82 Å². The van der Waals surface area contributed by atoms with E-state index >= 15 is 0 Å². The Morgan fingerprint density at radius 1 is 1.50 bits per heavy atom. The summed E-state index contributed by atoms with van der Waals surface area (Å²) in [6, 6.07) is 0. The molecule has 0 bridgehead atoms. The highest BCUT2D eigenvalue weighted by atomic mass is 16.4. The summed E-state index contributed by atoms with van der Waals surface area (Å²) in [5, 5.41) is 24.1. The van der Waals surface area contributed by atoms with Gasteiger partial charge in [0.15, 0.2) is 5.82 Å². The second kappa shape index (κ2) is 5.90. The molecule has 1 fully saturated rings. The van der Waals surface area contributed by atoms with Crippen molar-refractivity contribution in [3.63, 3.8) is 0 Å². The van der Waals surface area contributed by atoms with E-state index in [0.29, 0.717) is 18.9 Å². The van der Waals surface area contributed by atoms with E-state index in [2.05, 4.69) is 20.7 Å². The normalized spacial score (nSPS) is 24.1. The van der Waals surface area contributed by atoms with Crippen molar-refractivity contribution < 1.29 is 9.90 Å². The molecule has 0 saturated heterocycles. The van der Waals surface area contributed by atoms with E-state index in [0.717, 1.165) is 25.7 Å². The van der Waals surface area contributed by atoms with Crippen molar-refractivity contribution in [2.45, 2.75) is 32.2 Å². The predicted molar refractivity (Wildman–Crippen MR) is 63.6 cm³/mol. The fourth-order valence-corrected chi connectivity index (χ4v) is 2.54. The summed E-state index contributed by atoms with van der Waals surface area (Å²) >= 11 is 0. The molecule has 0 radical (unpaired) electrons. The van der Waals surface area contributed by atoms with Crippen LogP contribution in [-0.2, 0) is 18.4 Å². The molecular formula is C11H19N5O2. The maximum Gasteiger partial charge on any atom is 0.306 e. The van der Waals surface area contributed by atoms with Crippen molar-refractivity contribution in [3.8, 4) is 0 Å². The van der Waals surface area contributed by atoms with Crippen molar-refractivity contribution in [1.29, 1.82) is 0 Å². The van der Waals surface area contributed by atoms with E-state index in [-0.39, 0.29) is 11.8 Å². The molecule has 1 saturated carbocycles. The molecule has 18 heavy (non-hydrogen) atoms. The SMILES string of the molecule is Cn1nnc(CNCC2CCCCC2C(=O)O)n1. The summed E-state index contributed by atoms with van der Waals surface area (Å²) in [7, 11) is 1.72. The Morgan fingerprint density at radius 2 is 2.28 bits per heavy atom. The zero-order chi connectivity index (χ0) is 13.0. The minimum Gasteiger partial charge on any atom is -0.481 e. The van der Waals surface area contributed by atoms with Gasteiger partial charge in [-0.2, -0.15) is 4.80 Å². The topological polar surface area (TPSA) is 92.9 Å². The molecule has 1 aliphatic rings. The lowest BCUT2D eigenvalue weighted by Gasteiger charge is -2.28. The van der Waals surface area contributed by atoms with Crippen LogP contribution in [0.2, 0.25) is 0 Å². The number of rotatable bonds is 5. The number of carbonyl (C=O) groups is 1. The molecule has 1 aromatic rings. The van der Waals surface area contributed by atoms with Crippen LogP contribution >= 0.6 is 0 Å². The Morgan fingerprint density at radius 3 is 2.94 bits per heavy atom. The van der Waals surface area contributed by atoms with Gasteiger partial charge in [-0.25, -0.2) is 0 Å². The third-order valence-electron chi connectivity index (χ3n) is 3.47. The third kappa shape index (κ3) is 3.25. The van der Waals surface area contributed by atoms with Gasteiger partial charge in [0.05, 0.1) is 19.5 Å². The lowest BCUT2D eigenvalue weighted by atomic mass is 9.79. The molecule has 1 aromatic heterocycles. The molecule has 1 aliphatic carbocycles. The summed E-state index contributed by atoms with van der Waals surface area (Å²) in [4.78, 5) is 12.5. The molecule has 2 N–H and O–H groups in total. The zero-order valence-electron chi connectivity index (χ0n) is 10.5. The van der Waals surface area contributed by atoms with Crippen molar-refractivity contribution in [1.82, 2.24) is 25.5 Å². The van der Waals surface area contributed by atoms with E-state index in [9.17, 15) is 4.79 Å². The molecule has 2 unspecified atom stereocenters. The van der Waals surface area contributed by atoms with E-state index in [1.54, 1.807) is 7.05 Å². The molecule has 0 aliphatic heterocycles. The first kappa shape index (κ1) is 12.9. The number of nitrogens with zero attached hydrogens (tertiary/aromatic N) is 4. The number of tetrazole rings is 1. The Kier molecular flexibility index (Phi) is 4.24. The largest absolute Gasteiger partial charge is 0.481 e. The van der Waals surface area contributed by atoms with Crippen LogP contribution in [0.25, 0.3) is 0 Å². The highest BCUT2D eigenvalue weighted by molar-refractivity contribution is 5.70. The highest BCUT2D eigenvalue weighted by Gasteiger charge is 2.30. The van der Waals surface area contributed by atoms with Crippen LogP contribution in [0, 0.1) is 11.8 Å². The smallest absolute Gasteiger partial charge is 0.306 e. The second-order valence-electron chi connectivity index (χ2n) is 4.82. The van der Waals surface area contributed by atoms with Gasteiger partial charge in [0.25, 0.3) is 0 Å². The zero-order valence-corrected chi connectivity index (χ0v) is 10.5. The van der Waals surface area contributed by atoms with Gasteiger partial charge in [0.2, 0.25) is 0 Å². The number of aryl methyl sites for hydroxylation is 1. The number of carboxylic acids is 1. The molecule has 7 nitrogen and oxygen atoms in total. The summed E-state index contributed by atoms with van der Waals surface area (Å²) in [6.45, 7) is 1.24. The molecular weight excluding hydrogens is 234 g/mol. The summed E-state index contributed by atoms with van der Waals surface area (Å²) in [5.74, 6) is -0.0201. The minimum atomic E-state index is -0.667. The number of aromatic nitrogens is 4. The van der Waals surface area contributed by atoms with Crippen LogP contribution < -0.4 is 5.32 Å². The average Bonchev–Trinajstić information content (AvgIpc) is 2.75. The van der Waals surface area contributed by atoms with Gasteiger partial charge in [0, 0.05) is 0 Å². The van der Waals surface area contributed by atoms with Gasteiger partial charge in [-0.1, -0.05) is 12.8 Å². The molecule has 0 amide bonds. The van der Waals surface area contributed by atoms with Gasteiger partial charge in [-0.3, -0.25) is 4.79 Å². The molecule has 7 heteroatoms. The minimum absolute atomic E-state index is 0.207. The molecule has 1 heterocycles. The molecule has 2 atom stereocenters. The van der Waals surface area contributed by atoms with Gasteiger partial charge in [-0.15, -0.1) is 10.2 Å². The van der Waals surface area contributed by atoms with E-state index in [1.807, 2.05) is 0 Å². The van der Waals surface area contributed by atoms with Crippen LogP contribution in [0.4, 0.5) is 0 Å². The molecule has 100 valence electrons. The van der Waals surface area contributed by atoms with Crippen molar-refractivity contribution in [2.24, 2.45) is 18.9 Å². The maximum absolute atomic E-state index is 11.1. The summed E-state index contributed by atoms with van der Waals surface area (Å²) < 4.78 is 0. The van der Waals surface area contributed by atoms with Gasteiger partial charge < -0.3 is 10.4 Å². The van der Waals surface area contributed by atoms with Crippen LogP contribution in [0.3, 0.4) is 0 Å². The Hall–Kier alpha value is -1.50. The Labute approximate surface area is 106 Å². The molecule has 0 spiro atoms. The fraction of sp³-hybridized carbons (Fsp3) is 0.818. The quantitative estimate of drug-likeness (QED) is 0.778. The highest BCUT2D eigenvalue weighted by Crippen LogP contribution is 2.29. The molecule has 0 aromatic carbocycles. The fourth-order valence-electron chi connectivity index (χ4n) is 2.54. The maximum atomic E-state index is 11.1. The number of hydrogen-bond acceptors (Lipinski definition) is 5. The number of carboxylic acid groups (broad SMARTS) is 1. The van der Waals surface area contributed by atoms with Crippen LogP contribution in [0.15, 0.2) is 0 Å². The van der Waals surface area contributed by atoms with Gasteiger partial charge >= 0.3 is 5.97 Å². The third-order valence-corrected chi connectivity index (χ3v) is 3.47. The second-order valence-corrected chi connectivity index (χ2v) is 4.82. The lowest BCUT2D eigenvalue weighted by Crippen LogP contribution is -2.34. The number of hydrogen-bond donors (Lipinski definition) is 2.